The van der Waals surface area contributed by atoms with Crippen LogP contribution >= 0.6 is 0 Å². The SMILES string of the molecule is CCOC(C)(C)CNC(=O)CC1CCC(CN)CC1. The third kappa shape index (κ3) is 6.39. The van der Waals surface area contributed by atoms with Crippen molar-refractivity contribution in [1.82, 2.24) is 5.32 Å². The van der Waals surface area contributed by atoms with Crippen LogP contribution in [-0.4, -0.2) is 31.2 Å². The molecule has 4 nitrogen and oxygen atoms in total. The van der Waals surface area contributed by atoms with Gasteiger partial charge in [0.05, 0.1) is 5.60 Å². The highest BCUT2D eigenvalue weighted by molar-refractivity contribution is 5.76. The average Bonchev–Trinajstić information content (AvgIpc) is 2.37. The van der Waals surface area contributed by atoms with Gasteiger partial charge in [-0.05, 0) is 64.8 Å². The zero-order valence-electron chi connectivity index (χ0n) is 12.7. The fourth-order valence-corrected chi connectivity index (χ4v) is 2.76. The van der Waals surface area contributed by atoms with Gasteiger partial charge in [0.1, 0.15) is 0 Å². The third-order valence-corrected chi connectivity index (χ3v) is 4.02. The van der Waals surface area contributed by atoms with E-state index in [2.05, 4.69) is 5.32 Å². The van der Waals surface area contributed by atoms with Crippen LogP contribution in [0.15, 0.2) is 0 Å². The molecular formula is C15H30N2O2. The van der Waals surface area contributed by atoms with E-state index in [-0.39, 0.29) is 11.5 Å². The number of rotatable bonds is 7. The molecule has 1 saturated carbocycles. The molecule has 0 aliphatic heterocycles. The minimum atomic E-state index is -0.276. The van der Waals surface area contributed by atoms with E-state index in [0.29, 0.717) is 31.4 Å². The van der Waals surface area contributed by atoms with Gasteiger partial charge in [0, 0.05) is 19.6 Å². The van der Waals surface area contributed by atoms with Crippen molar-refractivity contribution < 1.29 is 9.53 Å². The van der Waals surface area contributed by atoms with Crippen molar-refractivity contribution >= 4 is 5.91 Å². The van der Waals surface area contributed by atoms with Crippen LogP contribution in [-0.2, 0) is 9.53 Å². The Labute approximate surface area is 117 Å². The lowest BCUT2D eigenvalue weighted by Crippen LogP contribution is -2.41. The lowest BCUT2D eigenvalue weighted by molar-refractivity contribution is -0.123. The molecule has 1 aliphatic rings. The zero-order valence-corrected chi connectivity index (χ0v) is 12.7. The first-order valence-electron chi connectivity index (χ1n) is 7.57. The van der Waals surface area contributed by atoms with E-state index in [4.69, 9.17) is 10.5 Å². The number of amides is 1. The number of carbonyl (C=O) groups excluding carboxylic acids is 1. The van der Waals surface area contributed by atoms with Gasteiger partial charge < -0.3 is 15.8 Å². The van der Waals surface area contributed by atoms with E-state index < -0.39 is 0 Å². The highest BCUT2D eigenvalue weighted by Gasteiger charge is 2.23. The molecule has 0 aromatic carbocycles. The second-order valence-electron chi connectivity index (χ2n) is 6.30. The maximum Gasteiger partial charge on any atom is 0.220 e. The van der Waals surface area contributed by atoms with Crippen molar-refractivity contribution in [2.24, 2.45) is 17.6 Å². The fraction of sp³-hybridized carbons (Fsp3) is 0.933. The first-order valence-corrected chi connectivity index (χ1v) is 7.57. The second kappa shape index (κ2) is 7.85. The Balaban J connectivity index is 2.21. The molecule has 4 heteroatoms. The Morgan fingerprint density at radius 2 is 1.84 bits per heavy atom. The molecule has 0 heterocycles. The molecule has 0 atom stereocenters. The molecule has 112 valence electrons. The molecule has 0 saturated heterocycles. The summed E-state index contributed by atoms with van der Waals surface area (Å²) in [6.07, 6.45) is 5.30. The summed E-state index contributed by atoms with van der Waals surface area (Å²) in [5.41, 5.74) is 5.40. The molecule has 0 unspecified atom stereocenters. The minimum absolute atomic E-state index is 0.156. The largest absolute Gasteiger partial charge is 0.374 e. The number of hydrogen-bond donors (Lipinski definition) is 2. The van der Waals surface area contributed by atoms with Crippen LogP contribution in [0.2, 0.25) is 0 Å². The van der Waals surface area contributed by atoms with Crippen molar-refractivity contribution in [3.63, 3.8) is 0 Å². The molecule has 3 N–H and O–H groups in total. The fourth-order valence-electron chi connectivity index (χ4n) is 2.76. The molecule has 0 radical (unpaired) electrons. The number of hydrogen-bond acceptors (Lipinski definition) is 3. The number of nitrogens with two attached hydrogens (primary N) is 1. The molecule has 0 aromatic heterocycles. The molecule has 0 spiro atoms. The predicted molar refractivity (Wildman–Crippen MR) is 77.8 cm³/mol. The normalized spacial score (nSPS) is 24.2. The lowest BCUT2D eigenvalue weighted by atomic mass is 9.80. The van der Waals surface area contributed by atoms with E-state index in [1.807, 2.05) is 20.8 Å². The Kier molecular flexibility index (Phi) is 6.80. The van der Waals surface area contributed by atoms with E-state index >= 15 is 0 Å². The summed E-state index contributed by atoms with van der Waals surface area (Å²) < 4.78 is 5.57. The molecule has 0 aromatic rings. The first kappa shape index (κ1) is 16.4. The molecular weight excluding hydrogens is 240 g/mol. The van der Waals surface area contributed by atoms with Crippen LogP contribution in [0, 0.1) is 11.8 Å². The molecule has 0 bridgehead atoms. The summed E-state index contributed by atoms with van der Waals surface area (Å²) in [6.45, 7) is 8.02. The quantitative estimate of drug-likeness (QED) is 0.744. The predicted octanol–water partition coefficient (Wildman–Crippen LogP) is 2.07. The number of ether oxygens (including phenoxy) is 1. The second-order valence-corrected chi connectivity index (χ2v) is 6.30. The maximum atomic E-state index is 11.9. The van der Waals surface area contributed by atoms with Crippen LogP contribution in [0.25, 0.3) is 0 Å². The Hall–Kier alpha value is -0.610. The molecule has 1 amide bonds. The minimum Gasteiger partial charge on any atom is -0.374 e. The van der Waals surface area contributed by atoms with Crippen molar-refractivity contribution in [3.8, 4) is 0 Å². The van der Waals surface area contributed by atoms with Crippen LogP contribution in [0.3, 0.4) is 0 Å². The maximum absolute atomic E-state index is 11.9. The molecule has 1 fully saturated rings. The van der Waals surface area contributed by atoms with Gasteiger partial charge in [-0.2, -0.15) is 0 Å². The van der Waals surface area contributed by atoms with Crippen LogP contribution in [0.4, 0.5) is 0 Å². The smallest absolute Gasteiger partial charge is 0.220 e. The molecule has 19 heavy (non-hydrogen) atoms. The van der Waals surface area contributed by atoms with Crippen molar-refractivity contribution in [2.45, 2.75) is 58.5 Å². The van der Waals surface area contributed by atoms with Gasteiger partial charge in [0.25, 0.3) is 0 Å². The van der Waals surface area contributed by atoms with Crippen LogP contribution < -0.4 is 11.1 Å². The summed E-state index contributed by atoms with van der Waals surface area (Å²) in [4.78, 5) is 11.9. The highest BCUT2D eigenvalue weighted by Crippen LogP contribution is 2.30. The zero-order chi connectivity index (χ0) is 14.3. The van der Waals surface area contributed by atoms with Crippen molar-refractivity contribution in [1.29, 1.82) is 0 Å². The van der Waals surface area contributed by atoms with Crippen molar-refractivity contribution in [2.75, 3.05) is 19.7 Å². The average molecular weight is 270 g/mol. The van der Waals surface area contributed by atoms with E-state index in [9.17, 15) is 4.79 Å². The molecule has 1 aliphatic carbocycles. The monoisotopic (exact) mass is 270 g/mol. The molecule has 1 rings (SSSR count). The standard InChI is InChI=1S/C15H30N2O2/c1-4-19-15(2,3)11-17-14(18)9-12-5-7-13(10-16)8-6-12/h12-13H,4-11,16H2,1-3H3,(H,17,18). The van der Waals surface area contributed by atoms with Gasteiger partial charge in [0.15, 0.2) is 0 Å². The van der Waals surface area contributed by atoms with Gasteiger partial charge in [-0.3, -0.25) is 4.79 Å². The van der Waals surface area contributed by atoms with Crippen molar-refractivity contribution in [3.05, 3.63) is 0 Å². The van der Waals surface area contributed by atoms with Gasteiger partial charge in [0.2, 0.25) is 5.91 Å². The lowest BCUT2D eigenvalue weighted by Gasteiger charge is -2.28. The van der Waals surface area contributed by atoms with Crippen LogP contribution in [0.5, 0.6) is 0 Å². The summed E-state index contributed by atoms with van der Waals surface area (Å²) in [5, 5.41) is 2.99. The van der Waals surface area contributed by atoms with E-state index in [0.717, 1.165) is 19.4 Å². The number of nitrogens with one attached hydrogen (secondary N) is 1. The highest BCUT2D eigenvalue weighted by atomic mass is 16.5. The Morgan fingerprint density at radius 3 is 2.37 bits per heavy atom. The Bertz CT molecular complexity index is 271. The topological polar surface area (TPSA) is 64.3 Å². The van der Waals surface area contributed by atoms with Gasteiger partial charge in [-0.15, -0.1) is 0 Å². The summed E-state index contributed by atoms with van der Waals surface area (Å²) >= 11 is 0. The van der Waals surface area contributed by atoms with E-state index in [1.54, 1.807) is 0 Å². The van der Waals surface area contributed by atoms with E-state index in [1.165, 1.54) is 12.8 Å². The third-order valence-electron chi connectivity index (χ3n) is 4.02. The van der Waals surface area contributed by atoms with Gasteiger partial charge in [-0.25, -0.2) is 0 Å². The van der Waals surface area contributed by atoms with Crippen LogP contribution in [0.1, 0.15) is 52.9 Å². The Morgan fingerprint density at radius 1 is 1.26 bits per heavy atom. The summed E-state index contributed by atoms with van der Waals surface area (Å²) in [7, 11) is 0. The number of carbonyl (C=O) groups is 1. The summed E-state index contributed by atoms with van der Waals surface area (Å²) in [5.74, 6) is 1.37. The van der Waals surface area contributed by atoms with Gasteiger partial charge in [-0.1, -0.05) is 0 Å². The first-order chi connectivity index (χ1) is 8.96. The van der Waals surface area contributed by atoms with Gasteiger partial charge >= 0.3 is 0 Å². The summed E-state index contributed by atoms with van der Waals surface area (Å²) in [6, 6.07) is 0.